The molecule has 0 aliphatic carbocycles. The molecule has 2 atom stereocenters. The lowest BCUT2D eigenvalue weighted by molar-refractivity contribution is -0.106. The van der Waals surface area contributed by atoms with Crippen molar-refractivity contribution >= 4 is 18.6 Å². The van der Waals surface area contributed by atoms with Crippen LogP contribution in [-0.4, -0.2) is 37.6 Å². The number of amides is 1. The molecule has 2 bridgehead atoms. The van der Waals surface area contributed by atoms with Crippen LogP contribution < -0.4 is 5.32 Å². The number of carbonyl (C=O) groups excluding carboxylic acids is 1. The van der Waals surface area contributed by atoms with E-state index in [0.717, 1.165) is 12.8 Å². The molecular formula is C10H13N3O3. The average Bonchev–Trinajstić information content (AvgIpc) is 2.69. The Morgan fingerprint density at radius 1 is 1.56 bits per heavy atom. The molecule has 2 aliphatic heterocycles. The van der Waals surface area contributed by atoms with Crippen LogP contribution in [0, 0.1) is 0 Å². The molecule has 1 N–H and O–H groups in total. The van der Waals surface area contributed by atoms with Crippen LogP contribution in [0.3, 0.4) is 0 Å². The number of rotatable bonds is 1. The summed E-state index contributed by atoms with van der Waals surface area (Å²) in [7, 11) is 0. The molecule has 86 valence electrons. The Morgan fingerprint density at radius 2 is 2.50 bits per heavy atom. The molecule has 0 radical (unpaired) electrons. The van der Waals surface area contributed by atoms with Crippen LogP contribution in [0.2, 0.25) is 0 Å². The minimum Gasteiger partial charge on any atom is -0.480 e. The zero-order valence-corrected chi connectivity index (χ0v) is 8.70. The van der Waals surface area contributed by atoms with Crippen LogP contribution >= 0.6 is 0 Å². The summed E-state index contributed by atoms with van der Waals surface area (Å²) in [4.78, 5) is 17.7. The van der Waals surface area contributed by atoms with E-state index in [9.17, 15) is 4.79 Å². The summed E-state index contributed by atoms with van der Waals surface area (Å²) in [6.07, 6.45) is 7.01. The summed E-state index contributed by atoms with van der Waals surface area (Å²) >= 11 is 0. The highest BCUT2D eigenvalue weighted by molar-refractivity contribution is 6.00. The number of amidine groups is 1. The molecule has 1 unspecified atom stereocenters. The molecule has 2 heterocycles. The quantitative estimate of drug-likeness (QED) is 0.645. The summed E-state index contributed by atoms with van der Waals surface area (Å²) in [5.74, 6) is 0.292. The Kier molecular flexibility index (Phi) is 3.66. The first-order valence-electron chi connectivity index (χ1n) is 5.12. The van der Waals surface area contributed by atoms with Crippen LogP contribution in [0.5, 0.6) is 0 Å². The monoisotopic (exact) mass is 223 g/mol. The minimum atomic E-state index is 0.000399. The lowest BCUT2D eigenvalue weighted by atomic mass is 10.2. The molecule has 1 saturated heterocycles. The van der Waals surface area contributed by atoms with E-state index in [2.05, 4.69) is 15.3 Å². The SMILES string of the molecule is O=C/N=C1/C=C\NC2CC[C@@H](CO/C=N/1)O2. The third-order valence-electron chi connectivity index (χ3n) is 2.35. The van der Waals surface area contributed by atoms with Crippen molar-refractivity contribution in [3.63, 3.8) is 0 Å². The Balaban J connectivity index is 2.06. The maximum absolute atomic E-state index is 10.2. The molecule has 2 rings (SSSR count). The van der Waals surface area contributed by atoms with Crippen LogP contribution in [0.25, 0.3) is 0 Å². The van der Waals surface area contributed by atoms with E-state index in [0.29, 0.717) is 18.9 Å². The van der Waals surface area contributed by atoms with Gasteiger partial charge < -0.3 is 14.8 Å². The Bertz CT molecular complexity index is 338. The lowest BCUT2D eigenvalue weighted by Crippen LogP contribution is -2.25. The first-order chi connectivity index (χ1) is 7.88. The molecule has 0 saturated carbocycles. The molecule has 1 amide bonds. The zero-order valence-electron chi connectivity index (χ0n) is 8.70. The van der Waals surface area contributed by atoms with Gasteiger partial charge in [-0.15, -0.1) is 0 Å². The number of aliphatic imine (C=N–C) groups is 2. The van der Waals surface area contributed by atoms with Gasteiger partial charge in [0.25, 0.3) is 0 Å². The smallest absolute Gasteiger partial charge is 0.234 e. The van der Waals surface area contributed by atoms with Gasteiger partial charge in [0, 0.05) is 6.20 Å². The van der Waals surface area contributed by atoms with E-state index >= 15 is 0 Å². The van der Waals surface area contributed by atoms with Crippen LogP contribution in [-0.2, 0) is 14.3 Å². The molecule has 1 fully saturated rings. The lowest BCUT2D eigenvalue weighted by Gasteiger charge is -2.12. The van der Waals surface area contributed by atoms with E-state index in [1.165, 1.54) is 6.40 Å². The van der Waals surface area contributed by atoms with Gasteiger partial charge in [0.2, 0.25) is 6.41 Å². The standard InChI is InChI=1S/C10H13N3O3/c14-6-12-9-3-4-11-10-2-1-8(16-10)5-15-7-13-9/h3-4,6-8,10-11H,1-2,5H2/b4-3-,12-9-,13-7+/t8-,10?/m0/s1. The van der Waals surface area contributed by atoms with Crippen LogP contribution in [0.4, 0.5) is 0 Å². The predicted octanol–water partition coefficient (Wildman–Crippen LogP) is 0.208. The Labute approximate surface area is 93.1 Å². The molecule has 0 aromatic carbocycles. The van der Waals surface area contributed by atoms with Crippen molar-refractivity contribution in [1.82, 2.24) is 5.32 Å². The summed E-state index contributed by atoms with van der Waals surface area (Å²) in [6.45, 7) is 0.468. The number of carbonyl (C=O) groups is 1. The van der Waals surface area contributed by atoms with Gasteiger partial charge in [0.15, 0.2) is 12.2 Å². The summed E-state index contributed by atoms with van der Waals surface area (Å²) in [5, 5.41) is 3.07. The first-order valence-corrected chi connectivity index (χ1v) is 5.12. The number of hydrogen-bond acceptors (Lipinski definition) is 4. The van der Waals surface area contributed by atoms with E-state index in [1.807, 2.05) is 0 Å². The van der Waals surface area contributed by atoms with Crippen molar-refractivity contribution in [2.45, 2.75) is 25.2 Å². The first kappa shape index (κ1) is 10.8. The molecule has 6 heteroatoms. The van der Waals surface area contributed by atoms with Gasteiger partial charge in [-0.1, -0.05) is 0 Å². The normalized spacial score (nSPS) is 35.6. The van der Waals surface area contributed by atoms with Crippen molar-refractivity contribution in [3.05, 3.63) is 12.3 Å². The molecule has 6 nitrogen and oxygen atoms in total. The number of ether oxygens (including phenoxy) is 2. The molecule has 0 aromatic heterocycles. The summed E-state index contributed by atoms with van der Waals surface area (Å²) in [5.41, 5.74) is 0. The van der Waals surface area contributed by atoms with Gasteiger partial charge in [0.05, 0.1) is 6.10 Å². The van der Waals surface area contributed by atoms with E-state index in [1.54, 1.807) is 12.3 Å². The van der Waals surface area contributed by atoms with Gasteiger partial charge in [-0.3, -0.25) is 4.79 Å². The third kappa shape index (κ3) is 2.90. The second-order valence-electron chi connectivity index (χ2n) is 3.48. The zero-order chi connectivity index (χ0) is 11.2. The number of nitrogens with zero attached hydrogens (tertiary/aromatic N) is 2. The van der Waals surface area contributed by atoms with Gasteiger partial charge in [-0.2, -0.15) is 4.99 Å². The highest BCUT2D eigenvalue weighted by Gasteiger charge is 2.24. The average molecular weight is 223 g/mol. The fourth-order valence-electron chi connectivity index (χ4n) is 1.60. The molecule has 0 aromatic rings. The van der Waals surface area contributed by atoms with Crippen molar-refractivity contribution in [2.75, 3.05) is 6.61 Å². The Morgan fingerprint density at radius 3 is 3.38 bits per heavy atom. The van der Waals surface area contributed by atoms with E-state index in [-0.39, 0.29) is 12.3 Å². The van der Waals surface area contributed by atoms with Crippen molar-refractivity contribution < 1.29 is 14.3 Å². The van der Waals surface area contributed by atoms with Gasteiger partial charge in [-0.05, 0) is 18.9 Å². The summed E-state index contributed by atoms with van der Waals surface area (Å²) in [6, 6.07) is 0. The molecule has 2 aliphatic rings. The largest absolute Gasteiger partial charge is 0.480 e. The second-order valence-corrected chi connectivity index (χ2v) is 3.48. The number of hydrogen-bond donors (Lipinski definition) is 1. The van der Waals surface area contributed by atoms with E-state index in [4.69, 9.17) is 9.47 Å². The third-order valence-corrected chi connectivity index (χ3v) is 2.35. The molecule has 16 heavy (non-hydrogen) atoms. The maximum atomic E-state index is 10.2. The van der Waals surface area contributed by atoms with Crippen molar-refractivity contribution in [2.24, 2.45) is 9.98 Å². The minimum absolute atomic E-state index is 0.000399. The van der Waals surface area contributed by atoms with Gasteiger partial charge in [-0.25, -0.2) is 4.99 Å². The van der Waals surface area contributed by atoms with Crippen LogP contribution in [0.15, 0.2) is 22.3 Å². The summed E-state index contributed by atoms with van der Waals surface area (Å²) < 4.78 is 10.8. The highest BCUT2D eigenvalue weighted by Crippen LogP contribution is 2.18. The maximum Gasteiger partial charge on any atom is 0.234 e. The molecular weight excluding hydrogens is 210 g/mol. The number of fused-ring (bicyclic) bond motifs is 2. The van der Waals surface area contributed by atoms with Crippen LogP contribution in [0.1, 0.15) is 12.8 Å². The van der Waals surface area contributed by atoms with Crippen molar-refractivity contribution in [3.8, 4) is 0 Å². The predicted molar refractivity (Wildman–Crippen MR) is 58.1 cm³/mol. The number of nitrogens with one attached hydrogen (secondary N) is 1. The second kappa shape index (κ2) is 5.41. The topological polar surface area (TPSA) is 72.3 Å². The van der Waals surface area contributed by atoms with Gasteiger partial charge >= 0.3 is 0 Å². The van der Waals surface area contributed by atoms with Crippen molar-refractivity contribution in [1.29, 1.82) is 0 Å². The highest BCUT2D eigenvalue weighted by atomic mass is 16.5. The van der Waals surface area contributed by atoms with E-state index < -0.39 is 0 Å². The fraction of sp³-hybridized carbons (Fsp3) is 0.500. The molecule has 0 spiro atoms. The Hall–Kier alpha value is -1.69. The van der Waals surface area contributed by atoms with Gasteiger partial charge in [0.1, 0.15) is 12.8 Å². The fourth-order valence-corrected chi connectivity index (χ4v) is 1.60.